The Hall–Kier alpha value is -2.28. The Morgan fingerprint density at radius 2 is 2.13 bits per heavy atom. The first kappa shape index (κ1) is 10.8. The summed E-state index contributed by atoms with van der Waals surface area (Å²) in [5.41, 5.74) is 7.08. The number of benzene rings is 1. The van der Waals surface area contributed by atoms with Gasteiger partial charge in [-0.25, -0.2) is 0 Å². The molecule has 0 saturated heterocycles. The highest BCUT2D eigenvalue weighted by Crippen LogP contribution is 2.06. The van der Waals surface area contributed by atoms with Gasteiger partial charge in [-0.1, -0.05) is 12.1 Å². The second-order valence-electron chi connectivity index (χ2n) is 2.88. The number of anilines is 1. The molecule has 1 aromatic carbocycles. The van der Waals surface area contributed by atoms with Crippen LogP contribution in [0.5, 0.6) is 0 Å². The molecule has 0 spiro atoms. The normalized spacial score (nSPS) is 9.80. The van der Waals surface area contributed by atoms with Gasteiger partial charge in [0.05, 0.1) is 6.07 Å². The van der Waals surface area contributed by atoms with Crippen molar-refractivity contribution in [3.05, 3.63) is 35.9 Å². The minimum atomic E-state index is -0.284. The van der Waals surface area contributed by atoms with Crippen LogP contribution in [0, 0.1) is 11.3 Å². The van der Waals surface area contributed by atoms with Gasteiger partial charge >= 0.3 is 0 Å². The molecule has 0 heterocycles. The van der Waals surface area contributed by atoms with E-state index < -0.39 is 0 Å². The zero-order valence-electron chi connectivity index (χ0n) is 8.10. The highest BCUT2D eigenvalue weighted by molar-refractivity contribution is 5.91. The van der Waals surface area contributed by atoms with Gasteiger partial charge in [-0.15, -0.1) is 0 Å². The predicted molar refractivity (Wildman–Crippen MR) is 58.5 cm³/mol. The summed E-state index contributed by atoms with van der Waals surface area (Å²) in [7, 11) is 0. The van der Waals surface area contributed by atoms with Crippen molar-refractivity contribution in [2.24, 2.45) is 0 Å². The first-order chi connectivity index (χ1) is 7.22. The number of nitrogen functional groups attached to an aromatic ring is 1. The number of nitrogens with one attached hydrogen (secondary N) is 1. The lowest BCUT2D eigenvalue weighted by molar-refractivity contribution is -0.116. The van der Waals surface area contributed by atoms with Gasteiger partial charge in [0.25, 0.3) is 0 Å². The van der Waals surface area contributed by atoms with Crippen LogP contribution in [0.2, 0.25) is 0 Å². The van der Waals surface area contributed by atoms with Crippen molar-refractivity contribution in [1.29, 1.82) is 5.26 Å². The van der Waals surface area contributed by atoms with Crippen LogP contribution in [-0.2, 0) is 4.79 Å². The quantitative estimate of drug-likeness (QED) is 0.433. The Morgan fingerprint density at radius 3 is 2.73 bits per heavy atom. The number of nitrogens with two attached hydrogens (primary N) is 1. The number of rotatable bonds is 3. The molecule has 1 aromatic rings. The van der Waals surface area contributed by atoms with E-state index in [0.29, 0.717) is 5.69 Å². The van der Waals surface area contributed by atoms with Crippen LogP contribution < -0.4 is 11.1 Å². The van der Waals surface area contributed by atoms with Crippen LogP contribution in [0.15, 0.2) is 30.3 Å². The minimum absolute atomic E-state index is 0.0188. The molecule has 0 atom stereocenters. The lowest BCUT2D eigenvalue weighted by Gasteiger charge is -1.95. The van der Waals surface area contributed by atoms with E-state index in [9.17, 15) is 4.79 Å². The summed E-state index contributed by atoms with van der Waals surface area (Å²) in [5, 5.41) is 10.6. The molecule has 15 heavy (non-hydrogen) atoms. The fourth-order valence-electron chi connectivity index (χ4n) is 0.965. The van der Waals surface area contributed by atoms with Crippen molar-refractivity contribution in [1.82, 2.24) is 5.32 Å². The van der Waals surface area contributed by atoms with E-state index in [0.717, 1.165) is 5.56 Å². The molecule has 0 bridgehead atoms. The third-order valence-electron chi connectivity index (χ3n) is 1.71. The van der Waals surface area contributed by atoms with Crippen molar-refractivity contribution in [3.8, 4) is 6.07 Å². The lowest BCUT2D eigenvalue weighted by Crippen LogP contribution is -2.20. The van der Waals surface area contributed by atoms with E-state index in [1.165, 1.54) is 6.08 Å². The van der Waals surface area contributed by atoms with E-state index in [4.69, 9.17) is 11.0 Å². The Bertz CT molecular complexity index is 401. The molecule has 0 aliphatic rings. The summed E-state index contributed by atoms with van der Waals surface area (Å²) >= 11 is 0. The largest absolute Gasteiger partial charge is 0.399 e. The molecule has 0 saturated carbocycles. The van der Waals surface area contributed by atoms with Crippen LogP contribution in [0.3, 0.4) is 0 Å². The van der Waals surface area contributed by atoms with Gasteiger partial charge < -0.3 is 11.1 Å². The number of carbonyl (C=O) groups is 1. The summed E-state index contributed by atoms with van der Waals surface area (Å²) in [5.74, 6) is -0.284. The monoisotopic (exact) mass is 201 g/mol. The maximum absolute atomic E-state index is 11.1. The summed E-state index contributed by atoms with van der Waals surface area (Å²) in [6.07, 6.45) is 3.04. The first-order valence-corrected chi connectivity index (χ1v) is 4.41. The number of amides is 1. The van der Waals surface area contributed by atoms with Gasteiger partial charge in [0.15, 0.2) is 0 Å². The predicted octanol–water partition coefficient (Wildman–Crippen LogP) is 0.922. The summed E-state index contributed by atoms with van der Waals surface area (Å²) in [6.45, 7) is 0.0188. The Labute approximate surface area is 88.0 Å². The number of hydrogen-bond acceptors (Lipinski definition) is 3. The van der Waals surface area contributed by atoms with Crippen molar-refractivity contribution < 1.29 is 4.79 Å². The maximum atomic E-state index is 11.1. The first-order valence-electron chi connectivity index (χ1n) is 4.41. The van der Waals surface area contributed by atoms with Gasteiger partial charge in [-0.05, 0) is 23.8 Å². The number of hydrogen-bond donors (Lipinski definition) is 2. The van der Waals surface area contributed by atoms with Gasteiger partial charge in [-0.2, -0.15) is 5.26 Å². The summed E-state index contributed by atoms with van der Waals surface area (Å²) in [6, 6.07) is 8.95. The molecule has 4 nitrogen and oxygen atoms in total. The lowest BCUT2D eigenvalue weighted by atomic mass is 10.2. The molecular weight excluding hydrogens is 190 g/mol. The molecule has 4 heteroatoms. The summed E-state index contributed by atoms with van der Waals surface area (Å²) in [4.78, 5) is 11.1. The van der Waals surface area contributed by atoms with Crippen LogP contribution in [0.25, 0.3) is 6.08 Å². The van der Waals surface area contributed by atoms with Crippen LogP contribution in [0.1, 0.15) is 5.56 Å². The van der Waals surface area contributed by atoms with Crippen molar-refractivity contribution in [2.75, 3.05) is 12.3 Å². The highest BCUT2D eigenvalue weighted by atomic mass is 16.1. The highest BCUT2D eigenvalue weighted by Gasteiger charge is 1.92. The molecule has 0 aliphatic carbocycles. The van der Waals surface area contributed by atoms with E-state index >= 15 is 0 Å². The second kappa shape index (κ2) is 5.45. The SMILES string of the molecule is N#CCNC(=O)/C=C/c1ccc(N)cc1. The number of nitriles is 1. The standard InChI is InChI=1S/C11H11N3O/c12-7-8-14-11(15)6-3-9-1-4-10(13)5-2-9/h1-6H,8,13H2,(H,14,15)/b6-3+. The Balaban J connectivity index is 2.54. The minimum Gasteiger partial charge on any atom is -0.399 e. The fourth-order valence-corrected chi connectivity index (χ4v) is 0.965. The topological polar surface area (TPSA) is 78.9 Å². The molecule has 76 valence electrons. The molecule has 1 rings (SSSR count). The van der Waals surface area contributed by atoms with Crippen LogP contribution in [0.4, 0.5) is 5.69 Å². The molecule has 0 radical (unpaired) electrons. The van der Waals surface area contributed by atoms with E-state index in [1.807, 2.05) is 18.2 Å². The van der Waals surface area contributed by atoms with Crippen molar-refractivity contribution in [2.45, 2.75) is 0 Å². The Kier molecular flexibility index (Phi) is 3.92. The number of carbonyl (C=O) groups excluding carboxylic acids is 1. The molecule has 3 N–H and O–H groups in total. The molecule has 0 fully saturated rings. The average molecular weight is 201 g/mol. The molecule has 1 amide bonds. The van der Waals surface area contributed by atoms with E-state index in [2.05, 4.69) is 5.32 Å². The molecule has 0 unspecified atom stereocenters. The van der Waals surface area contributed by atoms with Crippen molar-refractivity contribution >= 4 is 17.7 Å². The third kappa shape index (κ3) is 3.96. The smallest absolute Gasteiger partial charge is 0.244 e. The van der Waals surface area contributed by atoms with E-state index in [-0.39, 0.29) is 12.5 Å². The zero-order valence-corrected chi connectivity index (χ0v) is 8.10. The molecular formula is C11H11N3O. The van der Waals surface area contributed by atoms with Gasteiger partial charge in [0, 0.05) is 11.8 Å². The molecule has 0 aromatic heterocycles. The Morgan fingerprint density at radius 1 is 1.47 bits per heavy atom. The van der Waals surface area contributed by atoms with Crippen LogP contribution >= 0.6 is 0 Å². The van der Waals surface area contributed by atoms with Gasteiger partial charge in [-0.3, -0.25) is 4.79 Å². The third-order valence-corrected chi connectivity index (χ3v) is 1.71. The van der Waals surface area contributed by atoms with Crippen molar-refractivity contribution in [3.63, 3.8) is 0 Å². The maximum Gasteiger partial charge on any atom is 0.244 e. The summed E-state index contributed by atoms with van der Waals surface area (Å²) < 4.78 is 0. The zero-order chi connectivity index (χ0) is 11.1. The number of nitrogens with zero attached hydrogens (tertiary/aromatic N) is 1. The van der Waals surface area contributed by atoms with Crippen LogP contribution in [-0.4, -0.2) is 12.5 Å². The van der Waals surface area contributed by atoms with Gasteiger partial charge in [0.2, 0.25) is 5.91 Å². The fraction of sp³-hybridized carbons (Fsp3) is 0.0909. The van der Waals surface area contributed by atoms with Gasteiger partial charge in [0.1, 0.15) is 6.54 Å². The average Bonchev–Trinajstić information content (AvgIpc) is 2.25. The second-order valence-corrected chi connectivity index (χ2v) is 2.88. The molecule has 0 aliphatic heterocycles. The van der Waals surface area contributed by atoms with E-state index in [1.54, 1.807) is 18.2 Å².